The number of fused-ring (bicyclic) bond motifs is 1. The zero-order chi connectivity index (χ0) is 21.1. The third kappa shape index (κ3) is 4.43. The van der Waals surface area contributed by atoms with Gasteiger partial charge in [0.25, 0.3) is 5.56 Å². The molecule has 0 spiro atoms. The van der Waals surface area contributed by atoms with Gasteiger partial charge in [-0.05, 0) is 18.1 Å². The minimum absolute atomic E-state index is 0.160. The molecule has 0 unspecified atom stereocenters. The molecule has 1 aromatic carbocycles. The van der Waals surface area contributed by atoms with E-state index in [0.717, 1.165) is 17.1 Å². The molecule has 1 amide bonds. The Kier molecular flexibility index (Phi) is 5.66. The molecule has 0 fully saturated rings. The summed E-state index contributed by atoms with van der Waals surface area (Å²) in [4.78, 5) is 32.0. The van der Waals surface area contributed by atoms with Crippen molar-refractivity contribution in [3.05, 3.63) is 57.7 Å². The molecule has 0 saturated heterocycles. The maximum absolute atomic E-state index is 12.4. The Hall–Kier alpha value is -3.40. The molecule has 0 aliphatic carbocycles. The van der Waals surface area contributed by atoms with Gasteiger partial charge in [0.05, 0.1) is 11.9 Å². The highest BCUT2D eigenvalue weighted by molar-refractivity contribution is 7.15. The Morgan fingerprint density at radius 2 is 2.03 bits per heavy atom. The summed E-state index contributed by atoms with van der Waals surface area (Å²) < 4.78 is 1.62. The SMILES string of the molecule is CC(C)Cc1nnc(NC(=O)CCc2nc3c(cnn3-c3ccccc3)c(=O)[nH]2)s1. The van der Waals surface area contributed by atoms with E-state index in [-0.39, 0.29) is 24.3 Å². The minimum Gasteiger partial charge on any atom is -0.310 e. The molecule has 4 aromatic rings. The predicted molar refractivity (Wildman–Crippen MR) is 115 cm³/mol. The van der Waals surface area contributed by atoms with Gasteiger partial charge < -0.3 is 10.3 Å². The lowest BCUT2D eigenvalue weighted by atomic mass is 10.1. The maximum atomic E-state index is 12.4. The number of amides is 1. The van der Waals surface area contributed by atoms with E-state index in [2.05, 4.69) is 44.4 Å². The highest BCUT2D eigenvalue weighted by Gasteiger charge is 2.14. The van der Waals surface area contributed by atoms with Gasteiger partial charge in [0, 0.05) is 19.3 Å². The van der Waals surface area contributed by atoms with E-state index in [1.54, 1.807) is 4.68 Å². The van der Waals surface area contributed by atoms with Gasteiger partial charge in [-0.2, -0.15) is 5.10 Å². The largest absolute Gasteiger partial charge is 0.310 e. The van der Waals surface area contributed by atoms with Crippen LogP contribution in [0.4, 0.5) is 5.13 Å². The molecule has 0 atom stereocenters. The molecular formula is C20H21N7O2S. The Morgan fingerprint density at radius 3 is 2.80 bits per heavy atom. The molecule has 0 bridgehead atoms. The van der Waals surface area contributed by atoms with Gasteiger partial charge in [0.15, 0.2) is 5.65 Å². The summed E-state index contributed by atoms with van der Waals surface area (Å²) >= 11 is 1.38. The van der Waals surface area contributed by atoms with Crippen LogP contribution >= 0.6 is 11.3 Å². The number of aromatic amines is 1. The van der Waals surface area contributed by atoms with Gasteiger partial charge in [0.2, 0.25) is 11.0 Å². The number of hydrogen-bond acceptors (Lipinski definition) is 7. The number of hydrogen-bond donors (Lipinski definition) is 2. The van der Waals surface area contributed by atoms with Gasteiger partial charge in [-0.3, -0.25) is 9.59 Å². The van der Waals surface area contributed by atoms with E-state index in [0.29, 0.717) is 27.9 Å². The van der Waals surface area contributed by atoms with Gasteiger partial charge in [-0.1, -0.05) is 43.4 Å². The topological polar surface area (TPSA) is 118 Å². The fourth-order valence-electron chi connectivity index (χ4n) is 2.99. The van der Waals surface area contributed by atoms with Gasteiger partial charge in [-0.15, -0.1) is 10.2 Å². The van der Waals surface area contributed by atoms with Crippen LogP contribution in [-0.4, -0.2) is 35.9 Å². The third-order valence-corrected chi connectivity index (χ3v) is 5.23. The first kappa shape index (κ1) is 19.9. The van der Waals surface area contributed by atoms with E-state index < -0.39 is 0 Å². The zero-order valence-corrected chi connectivity index (χ0v) is 17.4. The van der Waals surface area contributed by atoms with Crippen LogP contribution in [0.25, 0.3) is 16.7 Å². The van der Waals surface area contributed by atoms with Crippen molar-refractivity contribution in [1.82, 2.24) is 29.9 Å². The molecule has 0 aliphatic heterocycles. The number of carbonyl (C=O) groups excluding carboxylic acids is 1. The van der Waals surface area contributed by atoms with Crippen molar-refractivity contribution in [1.29, 1.82) is 0 Å². The monoisotopic (exact) mass is 423 g/mol. The number of nitrogens with zero attached hydrogens (tertiary/aromatic N) is 5. The lowest BCUT2D eigenvalue weighted by Crippen LogP contribution is -2.16. The molecule has 9 nitrogen and oxygen atoms in total. The molecule has 3 aromatic heterocycles. The molecule has 4 rings (SSSR count). The van der Waals surface area contributed by atoms with E-state index in [4.69, 9.17) is 0 Å². The predicted octanol–water partition coefficient (Wildman–Crippen LogP) is 2.73. The highest BCUT2D eigenvalue weighted by Crippen LogP contribution is 2.18. The standard InChI is InChI=1S/C20H21N7O2S/c1-12(2)10-17-25-26-20(30-17)24-16(28)9-8-15-22-18-14(19(29)23-15)11-21-27(18)13-6-4-3-5-7-13/h3-7,11-12H,8-10H2,1-2H3,(H,22,23,29)(H,24,26,28). The third-order valence-electron chi connectivity index (χ3n) is 4.37. The van der Waals surface area contributed by atoms with Gasteiger partial charge in [0.1, 0.15) is 16.2 Å². The zero-order valence-electron chi connectivity index (χ0n) is 16.6. The number of rotatable bonds is 7. The number of nitrogens with one attached hydrogen (secondary N) is 2. The van der Waals surface area contributed by atoms with Crippen LogP contribution in [-0.2, 0) is 17.6 Å². The molecule has 154 valence electrons. The molecular weight excluding hydrogens is 402 g/mol. The first-order valence-corrected chi connectivity index (χ1v) is 10.5. The Labute approximate surface area is 176 Å². The number of carbonyl (C=O) groups is 1. The summed E-state index contributed by atoms with van der Waals surface area (Å²) in [7, 11) is 0. The van der Waals surface area contributed by atoms with Crippen LogP contribution in [0, 0.1) is 5.92 Å². The molecule has 3 heterocycles. The summed E-state index contributed by atoms with van der Waals surface area (Å²) in [5, 5.41) is 16.9. The fourth-order valence-corrected chi connectivity index (χ4v) is 3.96. The number of aryl methyl sites for hydroxylation is 1. The van der Waals surface area contributed by atoms with Crippen molar-refractivity contribution in [2.75, 3.05) is 5.32 Å². The van der Waals surface area contributed by atoms with E-state index in [1.807, 2.05) is 30.3 Å². The van der Waals surface area contributed by atoms with Crippen LogP contribution in [0.2, 0.25) is 0 Å². The number of aromatic nitrogens is 6. The minimum atomic E-state index is -0.278. The summed E-state index contributed by atoms with van der Waals surface area (Å²) in [6, 6.07) is 9.46. The molecule has 10 heteroatoms. The fraction of sp³-hybridized carbons (Fsp3) is 0.300. The van der Waals surface area contributed by atoms with Crippen LogP contribution in [0.15, 0.2) is 41.3 Å². The van der Waals surface area contributed by atoms with E-state index in [1.165, 1.54) is 17.5 Å². The average Bonchev–Trinajstić information content (AvgIpc) is 3.33. The van der Waals surface area contributed by atoms with Crippen LogP contribution in [0.3, 0.4) is 0 Å². The second-order valence-corrected chi connectivity index (χ2v) is 8.35. The van der Waals surface area contributed by atoms with Crippen LogP contribution in [0.5, 0.6) is 0 Å². The van der Waals surface area contributed by atoms with E-state index in [9.17, 15) is 9.59 Å². The van der Waals surface area contributed by atoms with Crippen LogP contribution in [0.1, 0.15) is 31.1 Å². The van der Waals surface area contributed by atoms with Crippen molar-refractivity contribution in [3.63, 3.8) is 0 Å². The molecule has 30 heavy (non-hydrogen) atoms. The first-order chi connectivity index (χ1) is 14.5. The van der Waals surface area contributed by atoms with Crippen LogP contribution < -0.4 is 10.9 Å². The summed E-state index contributed by atoms with van der Waals surface area (Å²) in [5.41, 5.74) is 0.991. The van der Waals surface area contributed by atoms with Crippen molar-refractivity contribution >= 4 is 33.4 Å². The highest BCUT2D eigenvalue weighted by atomic mass is 32.1. The number of benzene rings is 1. The first-order valence-electron chi connectivity index (χ1n) is 9.64. The van der Waals surface area contributed by atoms with Crippen molar-refractivity contribution in [3.8, 4) is 5.69 Å². The Bertz CT molecular complexity index is 1230. The Morgan fingerprint density at radius 1 is 1.23 bits per heavy atom. The normalized spacial score (nSPS) is 11.3. The lowest BCUT2D eigenvalue weighted by Gasteiger charge is -2.05. The second kappa shape index (κ2) is 8.54. The van der Waals surface area contributed by atoms with Crippen molar-refractivity contribution in [2.24, 2.45) is 5.92 Å². The summed E-state index contributed by atoms with van der Waals surface area (Å²) in [5.74, 6) is 0.697. The maximum Gasteiger partial charge on any atom is 0.262 e. The summed E-state index contributed by atoms with van der Waals surface area (Å²) in [6.45, 7) is 4.21. The van der Waals surface area contributed by atoms with Gasteiger partial charge in [-0.25, -0.2) is 9.67 Å². The number of H-pyrrole nitrogens is 1. The molecule has 0 saturated carbocycles. The summed E-state index contributed by atoms with van der Waals surface area (Å²) in [6.07, 6.45) is 2.77. The quantitative estimate of drug-likeness (QED) is 0.472. The number of anilines is 1. The van der Waals surface area contributed by atoms with Crippen molar-refractivity contribution in [2.45, 2.75) is 33.1 Å². The number of para-hydroxylation sites is 1. The molecule has 0 radical (unpaired) electrons. The Balaban J connectivity index is 1.47. The molecule has 2 N–H and O–H groups in total. The molecule has 0 aliphatic rings. The smallest absolute Gasteiger partial charge is 0.262 e. The average molecular weight is 424 g/mol. The second-order valence-electron chi connectivity index (χ2n) is 7.29. The van der Waals surface area contributed by atoms with Crippen molar-refractivity contribution < 1.29 is 4.79 Å². The van der Waals surface area contributed by atoms with Gasteiger partial charge >= 0.3 is 0 Å². The lowest BCUT2D eigenvalue weighted by molar-refractivity contribution is -0.116. The van der Waals surface area contributed by atoms with E-state index >= 15 is 0 Å².